The average molecular weight is 226 g/mol. The quantitative estimate of drug-likeness (QED) is 0.841. The maximum Gasteiger partial charge on any atom is 0.0894 e. The third kappa shape index (κ3) is 1.75. The fourth-order valence-corrected chi connectivity index (χ4v) is 3.59. The van der Waals surface area contributed by atoms with Gasteiger partial charge in [-0.3, -0.25) is 0 Å². The summed E-state index contributed by atoms with van der Waals surface area (Å²) in [6.07, 6.45) is 6.10. The summed E-state index contributed by atoms with van der Waals surface area (Å²) in [6, 6.07) is 13.5. The fourth-order valence-electron chi connectivity index (χ4n) is 3.59. The van der Waals surface area contributed by atoms with Crippen LogP contribution in [0.2, 0.25) is 0 Å². The van der Waals surface area contributed by atoms with E-state index in [-0.39, 0.29) is 11.5 Å². The second kappa shape index (κ2) is 4.16. The minimum Gasteiger partial charge on any atom is -0.307 e. The predicted octanol–water partition coefficient (Wildman–Crippen LogP) is 2.97. The van der Waals surface area contributed by atoms with Crippen LogP contribution < -0.4 is 5.32 Å². The largest absolute Gasteiger partial charge is 0.307 e. The van der Waals surface area contributed by atoms with Gasteiger partial charge < -0.3 is 5.32 Å². The Labute approximate surface area is 103 Å². The molecule has 0 aromatic heterocycles. The molecule has 2 bridgehead atoms. The molecule has 2 aliphatic rings. The highest BCUT2D eigenvalue weighted by Crippen LogP contribution is 2.44. The van der Waals surface area contributed by atoms with Crippen LogP contribution in [-0.2, 0) is 0 Å². The Hall–Kier alpha value is -1.33. The van der Waals surface area contributed by atoms with Gasteiger partial charge in [-0.1, -0.05) is 36.8 Å². The van der Waals surface area contributed by atoms with E-state index in [2.05, 4.69) is 23.5 Å². The first kappa shape index (κ1) is 10.8. The molecular formula is C15H18N2. The van der Waals surface area contributed by atoms with E-state index in [4.69, 9.17) is 0 Å². The zero-order valence-corrected chi connectivity index (χ0v) is 10.0. The molecule has 2 saturated heterocycles. The van der Waals surface area contributed by atoms with Crippen LogP contribution in [0.25, 0.3) is 0 Å². The molecule has 3 rings (SSSR count). The third-order valence-electron chi connectivity index (χ3n) is 4.42. The number of hydrogen-bond donors (Lipinski definition) is 1. The van der Waals surface area contributed by atoms with Crippen molar-refractivity contribution in [2.45, 2.75) is 49.6 Å². The summed E-state index contributed by atoms with van der Waals surface area (Å²) in [6.45, 7) is 0. The Balaban J connectivity index is 1.94. The first-order valence-corrected chi connectivity index (χ1v) is 6.56. The number of fused-ring (bicyclic) bond motifs is 2. The molecule has 2 heterocycles. The van der Waals surface area contributed by atoms with E-state index in [9.17, 15) is 5.26 Å². The SMILES string of the molecule is N#CC(c1ccccc1)C12CCCC(CC1)N2. The molecular weight excluding hydrogens is 208 g/mol. The molecule has 1 N–H and O–H groups in total. The highest BCUT2D eigenvalue weighted by atomic mass is 15.1. The van der Waals surface area contributed by atoms with Gasteiger partial charge in [0.15, 0.2) is 0 Å². The van der Waals surface area contributed by atoms with Crippen molar-refractivity contribution in [3.8, 4) is 6.07 Å². The number of piperidine rings is 1. The van der Waals surface area contributed by atoms with Gasteiger partial charge in [0.1, 0.15) is 0 Å². The lowest BCUT2D eigenvalue weighted by Crippen LogP contribution is -2.50. The van der Waals surface area contributed by atoms with Crippen LogP contribution in [-0.4, -0.2) is 11.6 Å². The van der Waals surface area contributed by atoms with E-state index in [1.54, 1.807) is 0 Å². The molecule has 3 unspecified atom stereocenters. The Kier molecular flexibility index (Phi) is 2.64. The molecule has 0 radical (unpaired) electrons. The number of benzene rings is 1. The van der Waals surface area contributed by atoms with Crippen molar-refractivity contribution >= 4 is 0 Å². The van der Waals surface area contributed by atoms with Crippen molar-refractivity contribution < 1.29 is 0 Å². The Morgan fingerprint density at radius 3 is 2.82 bits per heavy atom. The topological polar surface area (TPSA) is 35.8 Å². The molecule has 0 saturated carbocycles. The number of nitrogens with zero attached hydrogens (tertiary/aromatic N) is 1. The number of rotatable bonds is 2. The first-order chi connectivity index (χ1) is 8.34. The minimum atomic E-state index is 0.00833. The molecule has 17 heavy (non-hydrogen) atoms. The van der Waals surface area contributed by atoms with E-state index in [1.807, 2.05) is 18.2 Å². The van der Waals surface area contributed by atoms with E-state index >= 15 is 0 Å². The molecule has 2 aliphatic heterocycles. The van der Waals surface area contributed by atoms with Crippen molar-refractivity contribution in [2.75, 3.05) is 0 Å². The summed E-state index contributed by atoms with van der Waals surface area (Å²) in [5.41, 5.74) is 1.23. The minimum absolute atomic E-state index is 0.00833. The average Bonchev–Trinajstić information content (AvgIpc) is 2.67. The van der Waals surface area contributed by atoms with Crippen molar-refractivity contribution in [3.63, 3.8) is 0 Å². The fraction of sp³-hybridized carbons (Fsp3) is 0.533. The maximum absolute atomic E-state index is 9.56. The summed E-state index contributed by atoms with van der Waals surface area (Å²) < 4.78 is 0. The normalized spacial score (nSPS) is 33.0. The summed E-state index contributed by atoms with van der Waals surface area (Å²) in [4.78, 5) is 0. The van der Waals surface area contributed by atoms with Gasteiger partial charge in [-0.05, 0) is 31.2 Å². The van der Waals surface area contributed by atoms with Crippen molar-refractivity contribution in [1.82, 2.24) is 5.32 Å². The van der Waals surface area contributed by atoms with E-state index < -0.39 is 0 Å². The molecule has 0 spiro atoms. The van der Waals surface area contributed by atoms with E-state index in [1.165, 1.54) is 24.8 Å². The highest BCUT2D eigenvalue weighted by Gasteiger charge is 2.47. The Bertz CT molecular complexity index is 430. The second-order valence-corrected chi connectivity index (χ2v) is 5.40. The van der Waals surface area contributed by atoms with Gasteiger partial charge in [-0.2, -0.15) is 5.26 Å². The lowest BCUT2D eigenvalue weighted by atomic mass is 9.75. The summed E-state index contributed by atoms with van der Waals surface area (Å²) in [5, 5.41) is 13.3. The van der Waals surface area contributed by atoms with Crippen LogP contribution in [0.4, 0.5) is 0 Å². The second-order valence-electron chi connectivity index (χ2n) is 5.40. The molecule has 3 atom stereocenters. The monoisotopic (exact) mass is 226 g/mol. The zero-order valence-electron chi connectivity index (χ0n) is 10.0. The van der Waals surface area contributed by atoms with E-state index in [0.29, 0.717) is 6.04 Å². The number of nitrogens with one attached hydrogen (secondary N) is 1. The van der Waals surface area contributed by atoms with Crippen molar-refractivity contribution in [2.24, 2.45) is 0 Å². The smallest absolute Gasteiger partial charge is 0.0894 e. The van der Waals surface area contributed by atoms with Crippen LogP contribution in [0.1, 0.15) is 43.6 Å². The first-order valence-electron chi connectivity index (χ1n) is 6.56. The summed E-state index contributed by atoms with van der Waals surface area (Å²) >= 11 is 0. The van der Waals surface area contributed by atoms with Gasteiger partial charge in [0.25, 0.3) is 0 Å². The number of hydrogen-bond acceptors (Lipinski definition) is 2. The van der Waals surface area contributed by atoms with Gasteiger partial charge in [0.05, 0.1) is 12.0 Å². The van der Waals surface area contributed by atoms with Crippen LogP contribution in [0.5, 0.6) is 0 Å². The van der Waals surface area contributed by atoms with Crippen molar-refractivity contribution in [1.29, 1.82) is 5.26 Å². The van der Waals surface area contributed by atoms with Crippen LogP contribution in [0.3, 0.4) is 0 Å². The van der Waals surface area contributed by atoms with E-state index in [0.717, 1.165) is 12.8 Å². The van der Waals surface area contributed by atoms with Crippen LogP contribution in [0, 0.1) is 11.3 Å². The predicted molar refractivity (Wildman–Crippen MR) is 67.5 cm³/mol. The molecule has 88 valence electrons. The molecule has 2 nitrogen and oxygen atoms in total. The maximum atomic E-state index is 9.56. The van der Waals surface area contributed by atoms with Gasteiger partial charge in [-0.15, -0.1) is 0 Å². The third-order valence-corrected chi connectivity index (χ3v) is 4.42. The highest BCUT2D eigenvalue weighted by molar-refractivity contribution is 5.31. The zero-order chi connectivity index (χ0) is 11.7. The molecule has 0 aliphatic carbocycles. The van der Waals surface area contributed by atoms with Gasteiger partial charge >= 0.3 is 0 Å². The summed E-state index contributed by atoms with van der Waals surface area (Å²) in [7, 11) is 0. The van der Waals surface area contributed by atoms with Crippen molar-refractivity contribution in [3.05, 3.63) is 35.9 Å². The molecule has 1 aromatic carbocycles. The standard InChI is InChI=1S/C15H18N2/c16-11-14(12-5-2-1-3-6-12)15-9-4-7-13(17-15)8-10-15/h1-3,5-6,13-14,17H,4,7-10H2. The van der Waals surface area contributed by atoms with Gasteiger partial charge in [0, 0.05) is 11.6 Å². The molecule has 2 heteroatoms. The lowest BCUT2D eigenvalue weighted by Gasteiger charge is -2.38. The lowest BCUT2D eigenvalue weighted by molar-refractivity contribution is 0.255. The molecule has 0 amide bonds. The van der Waals surface area contributed by atoms with Gasteiger partial charge in [-0.25, -0.2) is 0 Å². The van der Waals surface area contributed by atoms with Crippen LogP contribution in [0.15, 0.2) is 30.3 Å². The Morgan fingerprint density at radius 2 is 2.06 bits per heavy atom. The van der Waals surface area contributed by atoms with Crippen LogP contribution >= 0.6 is 0 Å². The summed E-state index contributed by atoms with van der Waals surface area (Å²) in [5.74, 6) is 0.00833. The number of nitriles is 1. The molecule has 2 fully saturated rings. The molecule has 1 aromatic rings. The Morgan fingerprint density at radius 1 is 1.24 bits per heavy atom. The van der Waals surface area contributed by atoms with Gasteiger partial charge in [0.2, 0.25) is 0 Å².